The third kappa shape index (κ3) is 4.65. The van der Waals surface area contributed by atoms with Gasteiger partial charge < -0.3 is 10.0 Å². The summed E-state index contributed by atoms with van der Waals surface area (Å²) in [7, 11) is 2.08. The predicted octanol–water partition coefficient (Wildman–Crippen LogP) is 3.15. The molecule has 0 aliphatic heterocycles. The Morgan fingerprint density at radius 1 is 1.17 bits per heavy atom. The van der Waals surface area contributed by atoms with Gasteiger partial charge in [0.2, 0.25) is 0 Å². The molecule has 3 heteroatoms. The van der Waals surface area contributed by atoms with Crippen LogP contribution in [0, 0.1) is 0 Å². The number of hydrogen-bond donors (Lipinski definition) is 1. The molecule has 1 aromatic heterocycles. The van der Waals surface area contributed by atoms with Crippen LogP contribution in [0.5, 0.6) is 0 Å². The first kappa shape index (κ1) is 15.0. The average Bonchev–Trinajstić information content (AvgIpc) is 2.39. The van der Waals surface area contributed by atoms with Gasteiger partial charge in [-0.05, 0) is 30.5 Å². The van der Waals surface area contributed by atoms with Crippen LogP contribution in [0.1, 0.15) is 50.8 Å². The van der Waals surface area contributed by atoms with E-state index in [0.29, 0.717) is 0 Å². The van der Waals surface area contributed by atoms with E-state index >= 15 is 0 Å². The molecule has 0 saturated carbocycles. The Morgan fingerprint density at radius 3 is 2.56 bits per heavy atom. The van der Waals surface area contributed by atoms with E-state index in [1.165, 1.54) is 19.3 Å². The summed E-state index contributed by atoms with van der Waals surface area (Å²) in [5, 5.41) is 9.30. The number of aryl methyl sites for hydroxylation is 1. The number of pyridine rings is 1. The Morgan fingerprint density at radius 2 is 1.94 bits per heavy atom. The maximum atomic E-state index is 9.30. The van der Waals surface area contributed by atoms with Gasteiger partial charge in [0, 0.05) is 19.3 Å². The second kappa shape index (κ2) is 8.09. The lowest BCUT2D eigenvalue weighted by molar-refractivity contribution is 0.281. The van der Waals surface area contributed by atoms with Crippen LogP contribution in [0.4, 0.5) is 5.82 Å². The standard InChI is InChI=1S/C15H26N2O/c1-4-6-7-9-17(3)15-11-13(12-18)10-14(16-15)8-5-2/h10-11,18H,4-9,12H2,1-3H3. The van der Waals surface area contributed by atoms with Gasteiger partial charge in [-0.15, -0.1) is 0 Å². The lowest BCUT2D eigenvalue weighted by atomic mass is 10.1. The summed E-state index contributed by atoms with van der Waals surface area (Å²) < 4.78 is 0. The summed E-state index contributed by atoms with van der Waals surface area (Å²) >= 11 is 0. The van der Waals surface area contributed by atoms with Gasteiger partial charge >= 0.3 is 0 Å². The number of nitrogens with zero attached hydrogens (tertiary/aromatic N) is 2. The molecule has 0 saturated heterocycles. The molecule has 0 aliphatic carbocycles. The molecule has 0 amide bonds. The summed E-state index contributed by atoms with van der Waals surface area (Å²) in [6.45, 7) is 5.48. The molecule has 0 aromatic carbocycles. The highest BCUT2D eigenvalue weighted by atomic mass is 16.3. The van der Waals surface area contributed by atoms with Crippen LogP contribution in [-0.4, -0.2) is 23.7 Å². The highest BCUT2D eigenvalue weighted by molar-refractivity contribution is 5.41. The first-order valence-corrected chi connectivity index (χ1v) is 7.03. The Balaban J connectivity index is 2.75. The van der Waals surface area contributed by atoms with Crippen molar-refractivity contribution < 1.29 is 5.11 Å². The fourth-order valence-corrected chi connectivity index (χ4v) is 2.02. The SMILES string of the molecule is CCCCCN(C)c1cc(CO)cc(CCC)n1. The van der Waals surface area contributed by atoms with E-state index in [1.54, 1.807) is 0 Å². The summed E-state index contributed by atoms with van der Waals surface area (Å²) in [4.78, 5) is 6.85. The number of aromatic nitrogens is 1. The van der Waals surface area contributed by atoms with Gasteiger partial charge in [-0.3, -0.25) is 0 Å². The van der Waals surface area contributed by atoms with Crippen molar-refractivity contribution in [3.8, 4) is 0 Å². The average molecular weight is 250 g/mol. The Kier molecular flexibility index (Phi) is 6.73. The normalized spacial score (nSPS) is 10.7. The number of aliphatic hydroxyl groups excluding tert-OH is 1. The maximum Gasteiger partial charge on any atom is 0.128 e. The fourth-order valence-electron chi connectivity index (χ4n) is 2.02. The Hall–Kier alpha value is -1.09. The van der Waals surface area contributed by atoms with Gasteiger partial charge in [-0.1, -0.05) is 33.1 Å². The monoisotopic (exact) mass is 250 g/mol. The number of aliphatic hydroxyl groups is 1. The topological polar surface area (TPSA) is 36.4 Å². The molecule has 0 spiro atoms. The second-order valence-electron chi connectivity index (χ2n) is 4.86. The van der Waals surface area contributed by atoms with E-state index in [9.17, 15) is 5.11 Å². The molecule has 0 fully saturated rings. The molecule has 1 heterocycles. The van der Waals surface area contributed by atoms with E-state index < -0.39 is 0 Å². The van der Waals surface area contributed by atoms with Crippen molar-refractivity contribution >= 4 is 5.82 Å². The first-order valence-electron chi connectivity index (χ1n) is 7.03. The lowest BCUT2D eigenvalue weighted by Gasteiger charge is -2.19. The van der Waals surface area contributed by atoms with Crippen LogP contribution in [0.15, 0.2) is 12.1 Å². The molecule has 3 nitrogen and oxygen atoms in total. The molecule has 1 aromatic rings. The van der Waals surface area contributed by atoms with Gasteiger partial charge in [-0.2, -0.15) is 0 Å². The molecule has 0 radical (unpaired) electrons. The minimum atomic E-state index is 0.0923. The van der Waals surface area contributed by atoms with E-state index in [4.69, 9.17) is 0 Å². The maximum absolute atomic E-state index is 9.30. The highest BCUT2D eigenvalue weighted by Gasteiger charge is 2.06. The molecular formula is C15H26N2O. The number of anilines is 1. The van der Waals surface area contributed by atoms with Crippen LogP contribution in [0.2, 0.25) is 0 Å². The van der Waals surface area contributed by atoms with Crippen molar-refractivity contribution in [3.05, 3.63) is 23.4 Å². The van der Waals surface area contributed by atoms with Crippen LogP contribution in [-0.2, 0) is 13.0 Å². The largest absolute Gasteiger partial charge is 0.392 e. The summed E-state index contributed by atoms with van der Waals surface area (Å²) in [5.41, 5.74) is 2.05. The molecule has 18 heavy (non-hydrogen) atoms. The van der Waals surface area contributed by atoms with E-state index in [2.05, 4.69) is 30.8 Å². The van der Waals surface area contributed by atoms with Gasteiger partial charge in [0.05, 0.1) is 6.61 Å². The van der Waals surface area contributed by atoms with Crippen molar-refractivity contribution in [1.29, 1.82) is 0 Å². The lowest BCUT2D eigenvalue weighted by Crippen LogP contribution is -2.20. The minimum Gasteiger partial charge on any atom is -0.392 e. The number of rotatable bonds is 8. The summed E-state index contributed by atoms with van der Waals surface area (Å²) in [6.07, 6.45) is 5.75. The summed E-state index contributed by atoms with van der Waals surface area (Å²) in [6, 6.07) is 4.00. The zero-order valence-corrected chi connectivity index (χ0v) is 11.9. The van der Waals surface area contributed by atoms with Crippen molar-refractivity contribution in [1.82, 2.24) is 4.98 Å². The number of hydrogen-bond acceptors (Lipinski definition) is 3. The van der Waals surface area contributed by atoms with E-state index in [0.717, 1.165) is 36.5 Å². The molecule has 0 aliphatic rings. The van der Waals surface area contributed by atoms with E-state index in [-0.39, 0.29) is 6.61 Å². The van der Waals surface area contributed by atoms with Crippen molar-refractivity contribution in [2.45, 2.75) is 52.6 Å². The van der Waals surface area contributed by atoms with Gasteiger partial charge in [-0.25, -0.2) is 4.98 Å². The zero-order chi connectivity index (χ0) is 13.4. The molecule has 1 N–H and O–H groups in total. The first-order chi connectivity index (χ1) is 8.71. The molecule has 0 unspecified atom stereocenters. The third-order valence-corrected chi connectivity index (χ3v) is 3.10. The predicted molar refractivity (Wildman–Crippen MR) is 76.9 cm³/mol. The molecule has 0 bridgehead atoms. The van der Waals surface area contributed by atoms with Gasteiger partial charge in [0.1, 0.15) is 5.82 Å². The second-order valence-corrected chi connectivity index (χ2v) is 4.86. The Bertz CT molecular complexity index is 352. The van der Waals surface area contributed by atoms with Crippen LogP contribution in [0.3, 0.4) is 0 Å². The quantitative estimate of drug-likeness (QED) is 0.720. The fraction of sp³-hybridized carbons (Fsp3) is 0.667. The summed E-state index contributed by atoms with van der Waals surface area (Å²) in [5.74, 6) is 0.987. The third-order valence-electron chi connectivity index (χ3n) is 3.10. The van der Waals surface area contributed by atoms with Crippen LogP contribution < -0.4 is 4.90 Å². The van der Waals surface area contributed by atoms with Crippen molar-refractivity contribution in [3.63, 3.8) is 0 Å². The smallest absolute Gasteiger partial charge is 0.128 e. The van der Waals surface area contributed by atoms with Gasteiger partial charge in [0.15, 0.2) is 0 Å². The van der Waals surface area contributed by atoms with Crippen LogP contribution >= 0.6 is 0 Å². The Labute approximate surface area is 111 Å². The number of unbranched alkanes of at least 4 members (excludes halogenated alkanes) is 2. The zero-order valence-electron chi connectivity index (χ0n) is 11.9. The molecular weight excluding hydrogens is 224 g/mol. The van der Waals surface area contributed by atoms with Crippen LogP contribution in [0.25, 0.3) is 0 Å². The van der Waals surface area contributed by atoms with Crippen molar-refractivity contribution in [2.24, 2.45) is 0 Å². The molecule has 102 valence electrons. The van der Waals surface area contributed by atoms with Gasteiger partial charge in [0.25, 0.3) is 0 Å². The minimum absolute atomic E-state index is 0.0923. The van der Waals surface area contributed by atoms with E-state index in [1.807, 2.05) is 12.1 Å². The molecule has 1 rings (SSSR count). The molecule has 0 atom stereocenters. The van der Waals surface area contributed by atoms with Crippen molar-refractivity contribution in [2.75, 3.05) is 18.5 Å². The highest BCUT2D eigenvalue weighted by Crippen LogP contribution is 2.16.